The number of ether oxygens (including phenoxy) is 5. The molecule has 10 atom stereocenters. The fraction of sp³-hybridized carbons (Fsp3) is 0.906. The topological polar surface area (TPSA) is 237 Å². The largest absolute Gasteiger partial charge is 0.469 e. The minimum absolute atomic E-state index is 0. The van der Waals surface area contributed by atoms with Crippen molar-refractivity contribution in [2.24, 2.45) is 22.0 Å². The second-order valence-electron chi connectivity index (χ2n) is 26.5. The van der Waals surface area contributed by atoms with Crippen molar-refractivity contribution in [3.63, 3.8) is 0 Å². The first-order chi connectivity index (χ1) is 32.7. The smallest absolute Gasteiger partial charge is 0.462 e. The average molecular weight is 1170 g/mol. The van der Waals surface area contributed by atoms with Gasteiger partial charge >= 0.3 is 19.8 Å². The molecule has 4 N–H and O–H groups in total. The number of rotatable bonds is 25. The summed E-state index contributed by atoms with van der Waals surface area (Å²) in [7, 11) is -8.43. The molecule has 0 radical (unpaired) electrons. The fourth-order valence-corrected chi connectivity index (χ4v) is 11.7. The molecule has 0 aliphatic rings. The predicted octanol–water partition coefficient (Wildman–Crippen LogP) is 7.24. The summed E-state index contributed by atoms with van der Waals surface area (Å²) >= 11 is 0. The third-order valence-corrected chi connectivity index (χ3v) is 17.1. The molecule has 0 aromatic heterocycles. The van der Waals surface area contributed by atoms with Gasteiger partial charge in [0.2, 0.25) is 0 Å². The van der Waals surface area contributed by atoms with Gasteiger partial charge in [-0.3, -0.25) is 31.6 Å². The second kappa shape index (κ2) is 31.9. The third-order valence-electron chi connectivity index (χ3n) is 11.7. The normalized spacial score (nSPS) is 18.4. The Labute approximate surface area is 466 Å². The molecule has 0 rings (SSSR count). The van der Waals surface area contributed by atoms with Crippen molar-refractivity contribution in [2.75, 3.05) is 78.9 Å². The van der Waals surface area contributed by atoms with Crippen LogP contribution < -0.4 is 5.73 Å². The van der Waals surface area contributed by atoms with E-state index in [1.165, 1.54) is 6.26 Å². The highest BCUT2D eigenvalue weighted by Gasteiger charge is 2.36. The number of phosphoric acid groups is 1. The molecule has 460 valence electrons. The standard InChI is InChI=1S/C19H40N2O4S.C18H38N2O4S.C15H34NO6PS.CH4/c1-15(18(2,3)4)25-16(14-24-17(22)13-20(8)9)12-21(19(5,6)7)26(10,11)23;1-13(19)16(21)23-12-15(24-14(2)17(3,4)5)11-20(18(6,7)8)25(9,10)22;1-12(14(2,3)4)22-13(11-21-23(17,18)19)10-16(15(5,6)7)24(8,9)20;/h15-16H,10,12-14H2,1-9,11H3;13-15H,9,11-12,19H2,1-8,10H3;12-13H,8,10-11H2,1-7,9H3,(H2,17,18,19);1H4/t15-,16-,26?;13-,14-,15-,25?;12-,13-,24?;/m000./s1. The Morgan fingerprint density at radius 2 is 0.789 bits per heavy atom. The number of nitrogens with zero attached hydrogens (tertiary/aromatic N) is 4. The van der Waals surface area contributed by atoms with Crippen LogP contribution in [0.15, 0.2) is 0 Å². The Balaban J connectivity index is -0.000000509. The lowest BCUT2D eigenvalue weighted by Crippen LogP contribution is -2.51. The van der Waals surface area contributed by atoms with Gasteiger partial charge in [-0.25, -0.2) is 17.5 Å². The molecule has 0 heterocycles. The zero-order valence-electron chi connectivity index (χ0n) is 51.9. The van der Waals surface area contributed by atoms with E-state index in [1.807, 2.05) is 122 Å². The number of carbonyl (C=O) groups excluding carboxylic acids is 2. The Morgan fingerprint density at radius 3 is 0.987 bits per heavy atom. The van der Waals surface area contributed by atoms with Crippen LogP contribution in [0.5, 0.6) is 0 Å². The first-order valence-corrected chi connectivity index (χ1v) is 33.2. The molecule has 19 nitrogen and oxygen atoms in total. The lowest BCUT2D eigenvalue weighted by Gasteiger charge is -2.40. The quantitative estimate of drug-likeness (QED) is 0.0464. The Bertz CT molecular complexity index is 2090. The minimum Gasteiger partial charge on any atom is -0.462 e. The minimum atomic E-state index is -4.61. The van der Waals surface area contributed by atoms with E-state index in [9.17, 15) is 26.8 Å². The van der Waals surface area contributed by atoms with Crippen LogP contribution in [0.1, 0.15) is 160 Å². The average Bonchev–Trinajstić information content (AvgIpc) is 3.13. The first kappa shape index (κ1) is 81.3. The summed E-state index contributed by atoms with van der Waals surface area (Å²) in [4.78, 5) is 43.3. The van der Waals surface area contributed by atoms with Gasteiger partial charge in [0, 0.05) is 84.1 Å². The van der Waals surface area contributed by atoms with Gasteiger partial charge in [-0.05, 0) is 138 Å². The van der Waals surface area contributed by atoms with Crippen LogP contribution in [0.3, 0.4) is 0 Å². The molecule has 0 aliphatic heterocycles. The molecule has 3 unspecified atom stereocenters. The number of nitrogens with two attached hydrogens (primary N) is 1. The SMILES string of the molecule is C.C=S(C)(=O)N(C[C@@H](COC(=O)CN(C)C)O[C@@H](C)C(C)(C)C)C(C)(C)C.C=S(C)(=O)N(C[C@@H](COC(=O)[C@H](C)N)O[C@@H](C)C(C)(C)C)C(C)(C)C.C=S(C)(=O)N(C[C@@H](COP(=O)(O)O)O[C@@H](C)C(C)(C)C)C(C)(C)C. The molecule has 0 saturated heterocycles. The Hall–Kier alpha value is -1.21. The van der Waals surface area contributed by atoms with Gasteiger partial charge in [0.1, 0.15) is 31.5 Å². The van der Waals surface area contributed by atoms with Crippen molar-refractivity contribution < 1.29 is 64.8 Å². The van der Waals surface area contributed by atoms with E-state index in [4.69, 9.17) is 39.2 Å². The molecule has 0 amide bonds. The van der Waals surface area contributed by atoms with Gasteiger partial charge < -0.3 is 39.2 Å². The van der Waals surface area contributed by atoms with Crippen molar-refractivity contribution in [2.45, 2.75) is 219 Å². The molecular formula is C53H116N5O14PS3. The van der Waals surface area contributed by atoms with Crippen molar-refractivity contribution in [1.29, 1.82) is 0 Å². The van der Waals surface area contributed by atoms with Crippen LogP contribution in [0.2, 0.25) is 0 Å². The molecule has 0 aromatic carbocycles. The number of carbonyl (C=O) groups is 2. The zero-order chi connectivity index (χ0) is 60.7. The summed E-state index contributed by atoms with van der Waals surface area (Å²) in [5, 5.41) is 0. The zero-order valence-corrected chi connectivity index (χ0v) is 55.3. The summed E-state index contributed by atoms with van der Waals surface area (Å²) in [6.07, 6.45) is 2.96. The molecule has 0 aliphatic carbocycles. The molecule has 76 heavy (non-hydrogen) atoms. The van der Waals surface area contributed by atoms with Crippen molar-refractivity contribution in [1.82, 2.24) is 17.8 Å². The van der Waals surface area contributed by atoms with Gasteiger partial charge in [0.15, 0.2) is 0 Å². The van der Waals surface area contributed by atoms with Gasteiger partial charge in [-0.1, -0.05) is 69.7 Å². The van der Waals surface area contributed by atoms with Crippen LogP contribution in [-0.2, 0) is 71.5 Å². The number of phosphoric ester groups is 1. The van der Waals surface area contributed by atoms with E-state index >= 15 is 0 Å². The molecule has 0 saturated carbocycles. The van der Waals surface area contributed by atoms with Crippen LogP contribution >= 0.6 is 7.82 Å². The van der Waals surface area contributed by atoms with E-state index in [1.54, 1.807) is 32.9 Å². The molecule has 0 aromatic rings. The predicted molar refractivity (Wildman–Crippen MR) is 323 cm³/mol. The first-order valence-electron chi connectivity index (χ1n) is 25.4. The summed E-state index contributed by atoms with van der Waals surface area (Å²) < 4.78 is 87.8. The van der Waals surface area contributed by atoms with Gasteiger partial charge in [-0.15, -0.1) is 0 Å². The maximum atomic E-state index is 12.7. The number of esters is 2. The summed E-state index contributed by atoms with van der Waals surface area (Å²) in [6, 6.07) is -0.692. The third kappa shape index (κ3) is 36.9. The summed E-state index contributed by atoms with van der Waals surface area (Å²) in [6.45, 7) is 44.6. The summed E-state index contributed by atoms with van der Waals surface area (Å²) in [5.41, 5.74) is 4.08. The number of likely N-dealkylation sites (N-methyl/N-ethyl adjacent to an activating group) is 1. The van der Waals surface area contributed by atoms with Crippen molar-refractivity contribution in [3.05, 3.63) is 0 Å². The van der Waals surface area contributed by atoms with Gasteiger partial charge in [0.25, 0.3) is 0 Å². The van der Waals surface area contributed by atoms with Crippen LogP contribution in [0, 0.1) is 16.2 Å². The Kier molecular flexibility index (Phi) is 34.1. The molecule has 0 fully saturated rings. The Morgan fingerprint density at radius 1 is 0.539 bits per heavy atom. The lowest BCUT2D eigenvalue weighted by atomic mass is 9.90. The molecule has 23 heteroatoms. The van der Waals surface area contributed by atoms with Crippen LogP contribution in [0.4, 0.5) is 0 Å². The van der Waals surface area contributed by atoms with Gasteiger partial charge in [0.05, 0.1) is 37.6 Å². The van der Waals surface area contributed by atoms with E-state index in [2.05, 4.69) is 63.7 Å². The fourth-order valence-electron chi connectivity index (χ4n) is 6.45. The lowest BCUT2D eigenvalue weighted by molar-refractivity contribution is -0.153. The van der Waals surface area contributed by atoms with E-state index in [0.717, 1.165) is 0 Å². The highest BCUT2D eigenvalue weighted by Crippen LogP contribution is 2.37. The molecule has 0 spiro atoms. The summed E-state index contributed by atoms with van der Waals surface area (Å²) in [5.74, 6) is 10.6. The van der Waals surface area contributed by atoms with Gasteiger partial charge in [-0.2, -0.15) is 0 Å². The maximum Gasteiger partial charge on any atom is 0.469 e. The number of hydrogen-bond acceptors (Lipinski definition) is 14. The maximum absolute atomic E-state index is 12.7. The van der Waals surface area contributed by atoms with Crippen molar-refractivity contribution >= 4 is 66.5 Å². The van der Waals surface area contributed by atoms with E-state index < -0.39 is 72.8 Å². The number of hydrogen-bond donors (Lipinski definition) is 3. The van der Waals surface area contributed by atoms with Crippen LogP contribution in [0.25, 0.3) is 0 Å². The highest BCUT2D eigenvalue weighted by atomic mass is 32.2. The van der Waals surface area contributed by atoms with E-state index in [-0.39, 0.29) is 91.9 Å². The second-order valence-corrected chi connectivity index (χ2v) is 34.8. The van der Waals surface area contributed by atoms with Crippen LogP contribution in [-0.4, -0.2) is 208 Å². The molecular weight excluding hydrogens is 1060 g/mol. The monoisotopic (exact) mass is 1170 g/mol. The van der Waals surface area contributed by atoms with E-state index in [0.29, 0.717) is 13.1 Å². The molecule has 0 bridgehead atoms. The van der Waals surface area contributed by atoms with Crippen molar-refractivity contribution in [3.8, 4) is 0 Å². The highest BCUT2D eigenvalue weighted by molar-refractivity contribution is 7.98.